The topological polar surface area (TPSA) is 102 Å². The number of carbonyl (C=O) groups is 2. The molecule has 0 radical (unpaired) electrons. The highest BCUT2D eigenvalue weighted by Crippen LogP contribution is 2.14. The minimum atomic E-state index is -1.68. The number of carbonyl (C=O) groups excluding carboxylic acids is 2. The van der Waals surface area contributed by atoms with E-state index in [-0.39, 0.29) is 12.5 Å². The monoisotopic (exact) mass is 336 g/mol. The summed E-state index contributed by atoms with van der Waals surface area (Å²) in [5.41, 5.74) is 0. The van der Waals surface area contributed by atoms with Gasteiger partial charge < -0.3 is 24.4 Å². The lowest BCUT2D eigenvalue weighted by Gasteiger charge is -2.22. The number of aliphatic hydroxyl groups excluding tert-OH is 2. The van der Waals surface area contributed by atoms with Crippen molar-refractivity contribution in [3.63, 3.8) is 0 Å². The number of esters is 2. The number of hydrogen-bond acceptors (Lipinski definition) is 7. The average molecular weight is 336 g/mol. The molecule has 0 rings (SSSR count). The predicted molar refractivity (Wildman–Crippen MR) is 85.6 cm³/mol. The van der Waals surface area contributed by atoms with Crippen LogP contribution in [0.15, 0.2) is 0 Å². The summed E-state index contributed by atoms with van der Waals surface area (Å²) in [7, 11) is 3.25. The minimum absolute atomic E-state index is 0.150. The van der Waals surface area contributed by atoms with Crippen molar-refractivity contribution in [1.29, 1.82) is 0 Å². The van der Waals surface area contributed by atoms with E-state index in [2.05, 4.69) is 4.74 Å². The van der Waals surface area contributed by atoms with Crippen LogP contribution in [0, 0.1) is 5.92 Å². The van der Waals surface area contributed by atoms with Crippen molar-refractivity contribution in [1.82, 2.24) is 0 Å². The van der Waals surface area contributed by atoms with Gasteiger partial charge in [0.2, 0.25) is 6.29 Å². The van der Waals surface area contributed by atoms with Crippen LogP contribution in [0.5, 0.6) is 0 Å². The van der Waals surface area contributed by atoms with Gasteiger partial charge in [-0.15, -0.1) is 0 Å². The lowest BCUT2D eigenvalue weighted by molar-refractivity contribution is -0.192. The largest absolute Gasteiger partial charge is 0.462 e. The highest BCUT2D eigenvalue weighted by Gasteiger charge is 2.31. The van der Waals surface area contributed by atoms with E-state index in [9.17, 15) is 19.8 Å². The van der Waals surface area contributed by atoms with Crippen LogP contribution < -0.4 is 0 Å². The SMILES string of the molecule is CCCC(=O)OC(O)C(CO)C(=O)OC(CC)CCC.COC. The van der Waals surface area contributed by atoms with Crippen LogP contribution >= 0.6 is 0 Å². The van der Waals surface area contributed by atoms with E-state index in [1.807, 2.05) is 13.8 Å². The zero-order valence-corrected chi connectivity index (χ0v) is 14.9. The van der Waals surface area contributed by atoms with E-state index >= 15 is 0 Å². The first-order valence-corrected chi connectivity index (χ1v) is 8.00. The van der Waals surface area contributed by atoms with Gasteiger partial charge >= 0.3 is 11.9 Å². The maximum absolute atomic E-state index is 11.9. The Labute approximate surface area is 138 Å². The summed E-state index contributed by atoms with van der Waals surface area (Å²) in [6, 6.07) is 0. The van der Waals surface area contributed by atoms with E-state index < -0.39 is 30.8 Å². The first kappa shape index (κ1) is 24.1. The van der Waals surface area contributed by atoms with Crippen LogP contribution in [0.3, 0.4) is 0 Å². The van der Waals surface area contributed by atoms with Crippen LogP contribution in [0.1, 0.15) is 52.9 Å². The van der Waals surface area contributed by atoms with Crippen LogP contribution in [0.4, 0.5) is 0 Å². The molecule has 0 saturated heterocycles. The smallest absolute Gasteiger partial charge is 0.317 e. The van der Waals surface area contributed by atoms with Gasteiger partial charge in [0.25, 0.3) is 0 Å². The maximum Gasteiger partial charge on any atom is 0.317 e. The van der Waals surface area contributed by atoms with Crippen molar-refractivity contribution < 1.29 is 34.0 Å². The summed E-state index contributed by atoms with van der Waals surface area (Å²) < 4.78 is 14.2. The lowest BCUT2D eigenvalue weighted by Crippen LogP contribution is -2.37. The molecule has 23 heavy (non-hydrogen) atoms. The summed E-state index contributed by atoms with van der Waals surface area (Å²) in [5, 5.41) is 18.9. The Kier molecular flexibility index (Phi) is 16.4. The van der Waals surface area contributed by atoms with Crippen LogP contribution in [-0.4, -0.2) is 55.4 Å². The third-order valence-electron chi connectivity index (χ3n) is 2.90. The van der Waals surface area contributed by atoms with Crippen molar-refractivity contribution in [2.45, 2.75) is 65.3 Å². The highest BCUT2D eigenvalue weighted by atomic mass is 16.6. The van der Waals surface area contributed by atoms with Gasteiger partial charge in [0, 0.05) is 20.6 Å². The molecule has 3 atom stereocenters. The Morgan fingerprint density at radius 3 is 2.00 bits per heavy atom. The second-order valence-electron chi connectivity index (χ2n) is 5.08. The molecule has 0 fully saturated rings. The number of aliphatic hydroxyl groups is 2. The standard InChI is InChI=1S/C14H26O6.C2H6O/c1-4-7-10(6-3)19-13(17)11(9-15)14(18)20-12(16)8-5-2;1-3-2/h10-11,14-15,18H,4-9H2,1-3H3;1-2H3. The molecular formula is C16H32O7. The molecule has 0 aromatic heterocycles. The van der Waals surface area contributed by atoms with Crippen LogP contribution in [0.2, 0.25) is 0 Å². The van der Waals surface area contributed by atoms with E-state index in [1.165, 1.54) is 0 Å². The van der Waals surface area contributed by atoms with E-state index in [1.54, 1.807) is 21.1 Å². The molecule has 7 heteroatoms. The molecular weight excluding hydrogens is 304 g/mol. The molecule has 0 aromatic carbocycles. The summed E-state index contributed by atoms with van der Waals surface area (Å²) in [6.45, 7) is 5.02. The first-order valence-electron chi connectivity index (χ1n) is 8.00. The molecule has 0 bridgehead atoms. The Morgan fingerprint density at radius 2 is 1.61 bits per heavy atom. The Hall–Kier alpha value is -1.18. The third kappa shape index (κ3) is 12.0. The number of ether oxygens (including phenoxy) is 3. The van der Waals surface area contributed by atoms with Crippen molar-refractivity contribution in [3.05, 3.63) is 0 Å². The lowest BCUT2D eigenvalue weighted by atomic mass is 10.1. The van der Waals surface area contributed by atoms with Gasteiger partial charge in [-0.2, -0.15) is 0 Å². The van der Waals surface area contributed by atoms with Crippen LogP contribution in [0.25, 0.3) is 0 Å². The summed E-state index contributed by atoms with van der Waals surface area (Å²) in [6.07, 6.45) is 1.04. The predicted octanol–water partition coefficient (Wildman–Crippen LogP) is 1.64. The zero-order valence-electron chi connectivity index (χ0n) is 14.9. The second-order valence-corrected chi connectivity index (χ2v) is 5.08. The number of methoxy groups -OCH3 is 1. The summed E-state index contributed by atoms with van der Waals surface area (Å²) >= 11 is 0. The quantitative estimate of drug-likeness (QED) is 0.462. The van der Waals surface area contributed by atoms with Crippen molar-refractivity contribution in [2.24, 2.45) is 5.92 Å². The maximum atomic E-state index is 11.9. The van der Waals surface area contributed by atoms with Gasteiger partial charge in [0.1, 0.15) is 12.0 Å². The molecule has 0 aliphatic carbocycles. The molecule has 0 heterocycles. The molecule has 0 aromatic rings. The van der Waals surface area contributed by atoms with Gasteiger partial charge in [-0.3, -0.25) is 9.59 Å². The fourth-order valence-corrected chi connectivity index (χ4v) is 1.68. The zero-order chi connectivity index (χ0) is 18.3. The molecule has 0 amide bonds. The Balaban J connectivity index is 0. The molecule has 0 aliphatic heterocycles. The normalized spacial score (nSPS) is 14.0. The van der Waals surface area contributed by atoms with Gasteiger partial charge in [-0.1, -0.05) is 27.2 Å². The fourth-order valence-electron chi connectivity index (χ4n) is 1.68. The molecule has 2 N–H and O–H groups in total. The Morgan fingerprint density at radius 1 is 1.04 bits per heavy atom. The molecule has 0 aliphatic rings. The summed E-state index contributed by atoms with van der Waals surface area (Å²) in [4.78, 5) is 23.1. The molecule has 138 valence electrons. The van der Waals surface area contributed by atoms with Gasteiger partial charge in [0.05, 0.1) is 6.61 Å². The highest BCUT2D eigenvalue weighted by molar-refractivity contribution is 5.74. The third-order valence-corrected chi connectivity index (χ3v) is 2.90. The first-order chi connectivity index (χ1) is 10.9. The number of hydrogen-bond donors (Lipinski definition) is 2. The second kappa shape index (κ2) is 15.7. The average Bonchev–Trinajstić information content (AvgIpc) is 2.48. The van der Waals surface area contributed by atoms with Gasteiger partial charge in [-0.05, 0) is 19.3 Å². The van der Waals surface area contributed by atoms with E-state index in [0.717, 1.165) is 6.42 Å². The van der Waals surface area contributed by atoms with E-state index in [4.69, 9.17) is 9.47 Å². The van der Waals surface area contributed by atoms with Crippen molar-refractivity contribution in [3.8, 4) is 0 Å². The fraction of sp³-hybridized carbons (Fsp3) is 0.875. The van der Waals surface area contributed by atoms with Crippen molar-refractivity contribution >= 4 is 11.9 Å². The molecule has 3 unspecified atom stereocenters. The molecule has 0 saturated carbocycles. The molecule has 0 spiro atoms. The summed E-state index contributed by atoms with van der Waals surface area (Å²) in [5.74, 6) is -2.61. The minimum Gasteiger partial charge on any atom is -0.462 e. The molecule has 7 nitrogen and oxygen atoms in total. The Bertz CT molecular complexity index is 307. The van der Waals surface area contributed by atoms with E-state index in [0.29, 0.717) is 19.3 Å². The van der Waals surface area contributed by atoms with Gasteiger partial charge in [0.15, 0.2) is 0 Å². The van der Waals surface area contributed by atoms with Gasteiger partial charge in [-0.25, -0.2) is 0 Å². The van der Waals surface area contributed by atoms with Crippen molar-refractivity contribution in [2.75, 3.05) is 20.8 Å². The number of rotatable bonds is 10. The van der Waals surface area contributed by atoms with Crippen LogP contribution in [-0.2, 0) is 23.8 Å².